The highest BCUT2D eigenvalue weighted by Crippen LogP contribution is 2.12. The molecular weight excluding hydrogens is 124 g/mol. The summed E-state index contributed by atoms with van der Waals surface area (Å²) in [7, 11) is 4.04. The van der Waals surface area contributed by atoms with Crippen molar-refractivity contribution in [1.82, 2.24) is 4.90 Å². The second-order valence-corrected chi connectivity index (χ2v) is 3.05. The Morgan fingerprint density at radius 2 is 2.00 bits per heavy atom. The summed E-state index contributed by atoms with van der Waals surface area (Å²) in [5.74, 6) is 0.751. The highest BCUT2D eigenvalue weighted by Gasteiger charge is 2.13. The highest BCUT2D eigenvalue weighted by molar-refractivity contribution is 5.60. The van der Waals surface area contributed by atoms with Crippen LogP contribution in [0.1, 0.15) is 12.8 Å². The standard InChI is InChI=1S/C8H16N2/c1-9-7-8-3-5-10(2)6-4-8/h7-8H,3-6H2,1-2H3/b9-7-. The van der Waals surface area contributed by atoms with Crippen molar-refractivity contribution in [2.24, 2.45) is 10.9 Å². The van der Waals surface area contributed by atoms with Crippen molar-refractivity contribution in [1.29, 1.82) is 0 Å². The maximum absolute atomic E-state index is 4.04. The monoisotopic (exact) mass is 140 g/mol. The number of likely N-dealkylation sites (tertiary alicyclic amines) is 1. The smallest absolute Gasteiger partial charge is 0.0273 e. The Kier molecular flexibility index (Phi) is 2.87. The number of piperidine rings is 1. The van der Waals surface area contributed by atoms with Gasteiger partial charge in [0.15, 0.2) is 0 Å². The predicted octanol–water partition coefficient (Wildman–Crippen LogP) is 1.03. The van der Waals surface area contributed by atoms with Gasteiger partial charge in [-0.3, -0.25) is 0 Å². The molecular formula is C8H16N2. The molecule has 1 aliphatic heterocycles. The summed E-state index contributed by atoms with van der Waals surface area (Å²) in [6.07, 6.45) is 4.66. The van der Waals surface area contributed by atoms with Crippen molar-refractivity contribution in [2.75, 3.05) is 27.2 Å². The lowest BCUT2D eigenvalue weighted by Crippen LogP contribution is -2.30. The van der Waals surface area contributed by atoms with Gasteiger partial charge < -0.3 is 9.89 Å². The van der Waals surface area contributed by atoms with Crippen LogP contribution < -0.4 is 0 Å². The van der Waals surface area contributed by atoms with Crippen molar-refractivity contribution < 1.29 is 0 Å². The Morgan fingerprint density at radius 3 is 2.50 bits per heavy atom. The van der Waals surface area contributed by atoms with Gasteiger partial charge in [-0.25, -0.2) is 0 Å². The molecule has 1 fully saturated rings. The van der Waals surface area contributed by atoms with E-state index in [0.717, 1.165) is 5.92 Å². The summed E-state index contributed by atoms with van der Waals surface area (Å²) in [5.41, 5.74) is 0. The number of hydrogen-bond donors (Lipinski definition) is 0. The van der Waals surface area contributed by atoms with Gasteiger partial charge in [0.25, 0.3) is 0 Å². The van der Waals surface area contributed by atoms with Gasteiger partial charge in [0.1, 0.15) is 0 Å². The Morgan fingerprint density at radius 1 is 1.40 bits per heavy atom. The third-order valence-corrected chi connectivity index (χ3v) is 2.12. The first-order valence-corrected chi connectivity index (χ1v) is 3.93. The Hall–Kier alpha value is -0.370. The lowest BCUT2D eigenvalue weighted by molar-refractivity contribution is 0.254. The van der Waals surface area contributed by atoms with Crippen molar-refractivity contribution in [2.45, 2.75) is 12.8 Å². The van der Waals surface area contributed by atoms with Gasteiger partial charge in [-0.05, 0) is 38.9 Å². The van der Waals surface area contributed by atoms with Crippen LogP contribution in [-0.4, -0.2) is 38.3 Å². The van der Waals surface area contributed by atoms with E-state index in [9.17, 15) is 0 Å². The van der Waals surface area contributed by atoms with E-state index in [4.69, 9.17) is 0 Å². The van der Waals surface area contributed by atoms with Crippen LogP contribution >= 0.6 is 0 Å². The van der Waals surface area contributed by atoms with Crippen molar-refractivity contribution in [3.8, 4) is 0 Å². The van der Waals surface area contributed by atoms with Crippen molar-refractivity contribution >= 4 is 6.21 Å². The zero-order valence-corrected chi connectivity index (χ0v) is 6.88. The molecule has 0 spiro atoms. The molecule has 0 radical (unpaired) electrons. The summed E-state index contributed by atoms with van der Waals surface area (Å²) in [6, 6.07) is 0. The summed E-state index contributed by atoms with van der Waals surface area (Å²) < 4.78 is 0. The number of aliphatic imine (C=N–C) groups is 1. The highest BCUT2D eigenvalue weighted by atomic mass is 15.1. The fourth-order valence-electron chi connectivity index (χ4n) is 1.39. The first-order chi connectivity index (χ1) is 4.83. The second-order valence-electron chi connectivity index (χ2n) is 3.05. The molecule has 2 nitrogen and oxygen atoms in total. The van der Waals surface area contributed by atoms with E-state index in [2.05, 4.69) is 23.2 Å². The number of hydrogen-bond acceptors (Lipinski definition) is 2. The fourth-order valence-corrected chi connectivity index (χ4v) is 1.39. The SMILES string of the molecule is C/N=C\C1CCN(C)CC1. The molecule has 0 N–H and O–H groups in total. The molecule has 1 rings (SSSR count). The van der Waals surface area contributed by atoms with Crippen LogP contribution in [0.3, 0.4) is 0 Å². The molecule has 1 heterocycles. The molecule has 1 saturated heterocycles. The molecule has 0 aromatic carbocycles. The van der Waals surface area contributed by atoms with Gasteiger partial charge in [-0.1, -0.05) is 0 Å². The molecule has 0 aliphatic carbocycles. The van der Waals surface area contributed by atoms with Crippen molar-refractivity contribution in [3.05, 3.63) is 0 Å². The Bertz CT molecular complexity index is 112. The number of rotatable bonds is 1. The zero-order chi connectivity index (χ0) is 7.40. The van der Waals surface area contributed by atoms with Gasteiger partial charge in [0.05, 0.1) is 0 Å². The summed E-state index contributed by atoms with van der Waals surface area (Å²) in [5, 5.41) is 0. The maximum Gasteiger partial charge on any atom is 0.0273 e. The van der Waals surface area contributed by atoms with Crippen LogP contribution in [0.2, 0.25) is 0 Å². The lowest BCUT2D eigenvalue weighted by atomic mass is 9.99. The van der Waals surface area contributed by atoms with Crippen molar-refractivity contribution in [3.63, 3.8) is 0 Å². The normalized spacial score (nSPS) is 24.2. The van der Waals surface area contributed by atoms with E-state index < -0.39 is 0 Å². The number of nitrogens with zero attached hydrogens (tertiary/aromatic N) is 2. The largest absolute Gasteiger partial charge is 0.306 e. The minimum atomic E-state index is 0.751. The second kappa shape index (κ2) is 3.71. The molecule has 0 saturated carbocycles. The van der Waals surface area contributed by atoms with Crippen LogP contribution in [0.15, 0.2) is 4.99 Å². The molecule has 0 aromatic heterocycles. The van der Waals surface area contributed by atoms with Crippen LogP contribution in [0.4, 0.5) is 0 Å². The van der Waals surface area contributed by atoms with Gasteiger partial charge >= 0.3 is 0 Å². The molecule has 58 valence electrons. The molecule has 0 amide bonds. The van der Waals surface area contributed by atoms with E-state index in [1.807, 2.05) is 7.05 Å². The average Bonchev–Trinajstić information content (AvgIpc) is 1.95. The van der Waals surface area contributed by atoms with Crippen LogP contribution in [-0.2, 0) is 0 Å². The molecule has 0 atom stereocenters. The fraction of sp³-hybridized carbons (Fsp3) is 0.875. The average molecular weight is 140 g/mol. The first kappa shape index (κ1) is 7.73. The topological polar surface area (TPSA) is 15.6 Å². The molecule has 1 aliphatic rings. The third kappa shape index (κ3) is 2.10. The minimum absolute atomic E-state index is 0.751. The van der Waals surface area contributed by atoms with E-state index >= 15 is 0 Å². The minimum Gasteiger partial charge on any atom is -0.306 e. The lowest BCUT2D eigenvalue weighted by Gasteiger charge is -2.26. The van der Waals surface area contributed by atoms with Gasteiger partial charge in [-0.15, -0.1) is 0 Å². The molecule has 0 unspecified atom stereocenters. The molecule has 2 heteroatoms. The summed E-state index contributed by atoms with van der Waals surface area (Å²) in [4.78, 5) is 6.42. The first-order valence-electron chi connectivity index (χ1n) is 3.93. The zero-order valence-electron chi connectivity index (χ0n) is 6.88. The quantitative estimate of drug-likeness (QED) is 0.497. The summed E-state index contributed by atoms with van der Waals surface area (Å²) in [6.45, 7) is 2.47. The van der Waals surface area contributed by atoms with E-state index in [-0.39, 0.29) is 0 Å². The van der Waals surface area contributed by atoms with Crippen LogP contribution in [0, 0.1) is 5.92 Å². The molecule has 0 bridgehead atoms. The van der Waals surface area contributed by atoms with Crippen LogP contribution in [0.25, 0.3) is 0 Å². The van der Waals surface area contributed by atoms with Gasteiger partial charge in [-0.2, -0.15) is 0 Å². The maximum atomic E-state index is 4.04. The Labute approximate surface area is 62.9 Å². The molecule has 10 heavy (non-hydrogen) atoms. The predicted molar refractivity (Wildman–Crippen MR) is 44.6 cm³/mol. The summed E-state index contributed by atoms with van der Waals surface area (Å²) >= 11 is 0. The van der Waals surface area contributed by atoms with E-state index in [0.29, 0.717) is 0 Å². The van der Waals surface area contributed by atoms with E-state index in [1.54, 1.807) is 0 Å². The Balaban J connectivity index is 2.26. The van der Waals surface area contributed by atoms with Crippen LogP contribution in [0.5, 0.6) is 0 Å². The van der Waals surface area contributed by atoms with Gasteiger partial charge in [0.2, 0.25) is 0 Å². The van der Waals surface area contributed by atoms with Gasteiger partial charge in [0, 0.05) is 13.3 Å². The van der Waals surface area contributed by atoms with E-state index in [1.165, 1.54) is 25.9 Å². The molecule has 0 aromatic rings. The third-order valence-electron chi connectivity index (χ3n) is 2.12.